The van der Waals surface area contributed by atoms with Crippen molar-refractivity contribution in [3.05, 3.63) is 18.3 Å². The zero-order valence-electron chi connectivity index (χ0n) is 7.74. The first-order valence-corrected chi connectivity index (χ1v) is 5.31. The normalized spacial score (nSPS) is 12.9. The number of hydrazine groups is 1. The molecule has 0 aliphatic rings. The van der Waals surface area contributed by atoms with E-state index in [0.29, 0.717) is 11.1 Å². The Morgan fingerprint density at radius 3 is 2.62 bits per heavy atom. The third-order valence-electron chi connectivity index (χ3n) is 1.61. The summed E-state index contributed by atoms with van der Waals surface area (Å²) in [6.45, 7) is 4.07. The molecule has 0 aromatic carbocycles. The van der Waals surface area contributed by atoms with Gasteiger partial charge in [-0.05, 0) is 12.1 Å². The highest BCUT2D eigenvalue weighted by atomic mass is 32.2. The first-order chi connectivity index (χ1) is 6.15. The minimum atomic E-state index is -0.476. The molecule has 0 saturated heterocycles. The van der Waals surface area contributed by atoms with Crippen molar-refractivity contribution in [2.45, 2.75) is 24.0 Å². The molecule has 0 aliphatic heterocycles. The molecule has 0 amide bonds. The topological polar surface area (TPSA) is 74.8 Å². The predicted molar refractivity (Wildman–Crippen MR) is 55.5 cm³/mol. The maximum Gasteiger partial charge on any atom is 0.139 e. The maximum absolute atomic E-state index is 7.83. The highest BCUT2D eigenvalue weighted by Crippen LogP contribution is 2.12. The van der Waals surface area contributed by atoms with Gasteiger partial charge in [-0.1, -0.05) is 24.5 Å². The lowest BCUT2D eigenvalue weighted by molar-refractivity contribution is 1.08. The molecule has 1 aromatic rings. The Hall–Kier alpha value is -0.940. The second-order valence-electron chi connectivity index (χ2n) is 2.91. The number of nitrogen functional groups attached to an aromatic ring is 1. The summed E-state index contributed by atoms with van der Waals surface area (Å²) in [6, 6.07) is 3.67. The second kappa shape index (κ2) is 4.34. The van der Waals surface area contributed by atoms with Crippen molar-refractivity contribution in [1.29, 1.82) is 4.78 Å². The summed E-state index contributed by atoms with van der Waals surface area (Å²) in [6.07, 6.45) is 1.70. The molecule has 4 N–H and O–H groups in total. The Balaban J connectivity index is 2.86. The van der Waals surface area contributed by atoms with Crippen LogP contribution in [0.25, 0.3) is 0 Å². The smallest absolute Gasteiger partial charge is 0.139 e. The van der Waals surface area contributed by atoms with Crippen LogP contribution in [0.4, 0.5) is 5.82 Å². The van der Waals surface area contributed by atoms with Crippen molar-refractivity contribution in [2.75, 3.05) is 5.43 Å². The minimum absolute atomic E-state index is 0.332. The minimum Gasteiger partial charge on any atom is -0.308 e. The number of nitrogens with one attached hydrogen (secondary N) is 2. The fourth-order valence-electron chi connectivity index (χ4n) is 0.868. The average Bonchev–Trinajstić information content (AvgIpc) is 2.17. The highest BCUT2D eigenvalue weighted by Gasteiger charge is 2.03. The molecule has 1 aromatic heterocycles. The van der Waals surface area contributed by atoms with Gasteiger partial charge in [0.2, 0.25) is 0 Å². The lowest BCUT2D eigenvalue weighted by atomic mass is 10.5. The van der Waals surface area contributed by atoms with Gasteiger partial charge in [0.05, 0.1) is 0 Å². The van der Waals surface area contributed by atoms with E-state index in [0.717, 1.165) is 4.90 Å². The van der Waals surface area contributed by atoms with Crippen molar-refractivity contribution >= 4 is 16.5 Å². The van der Waals surface area contributed by atoms with E-state index in [1.54, 1.807) is 12.3 Å². The van der Waals surface area contributed by atoms with Gasteiger partial charge in [-0.15, -0.1) is 0 Å². The van der Waals surface area contributed by atoms with Gasteiger partial charge in [0, 0.05) is 16.3 Å². The molecule has 0 radical (unpaired) electrons. The van der Waals surface area contributed by atoms with Gasteiger partial charge < -0.3 is 5.43 Å². The Morgan fingerprint density at radius 1 is 1.54 bits per heavy atom. The largest absolute Gasteiger partial charge is 0.308 e. The summed E-state index contributed by atoms with van der Waals surface area (Å²) in [7, 11) is -0.476. The number of hydrogen-bond acceptors (Lipinski definition) is 4. The average molecular weight is 198 g/mol. The number of anilines is 1. The lowest BCUT2D eigenvalue weighted by Crippen LogP contribution is -2.09. The molecule has 72 valence electrons. The van der Waals surface area contributed by atoms with E-state index in [1.165, 1.54) is 0 Å². The summed E-state index contributed by atoms with van der Waals surface area (Å²) in [4.78, 5) is 5.00. The molecule has 0 aliphatic carbocycles. The van der Waals surface area contributed by atoms with Crippen LogP contribution in [0.15, 0.2) is 23.2 Å². The van der Waals surface area contributed by atoms with Gasteiger partial charge in [-0.25, -0.2) is 10.8 Å². The van der Waals surface area contributed by atoms with E-state index >= 15 is 0 Å². The molecule has 13 heavy (non-hydrogen) atoms. The first-order valence-electron chi connectivity index (χ1n) is 4.02. The van der Waals surface area contributed by atoms with Gasteiger partial charge in [0.15, 0.2) is 0 Å². The number of pyridine rings is 1. The van der Waals surface area contributed by atoms with E-state index in [4.69, 9.17) is 10.6 Å². The molecule has 4 nitrogen and oxygen atoms in total. The van der Waals surface area contributed by atoms with E-state index in [9.17, 15) is 0 Å². The van der Waals surface area contributed by atoms with Crippen molar-refractivity contribution < 1.29 is 0 Å². The molecule has 1 rings (SSSR count). The van der Waals surface area contributed by atoms with Crippen LogP contribution in [0.1, 0.15) is 13.8 Å². The van der Waals surface area contributed by atoms with Crippen LogP contribution in [0, 0.1) is 4.78 Å². The van der Waals surface area contributed by atoms with Gasteiger partial charge >= 0.3 is 0 Å². The van der Waals surface area contributed by atoms with Crippen LogP contribution in [0.3, 0.4) is 0 Å². The van der Waals surface area contributed by atoms with Crippen LogP contribution in [0.5, 0.6) is 0 Å². The first kappa shape index (κ1) is 10.1. The summed E-state index contributed by atoms with van der Waals surface area (Å²) in [5, 5.41) is 0.332. The van der Waals surface area contributed by atoms with Crippen LogP contribution in [0.2, 0.25) is 0 Å². The molecule has 1 heterocycles. The second-order valence-corrected chi connectivity index (χ2v) is 5.00. The molecule has 1 atom stereocenters. The summed E-state index contributed by atoms with van der Waals surface area (Å²) in [5.41, 5.74) is 2.45. The summed E-state index contributed by atoms with van der Waals surface area (Å²) in [5.74, 6) is 5.81. The van der Waals surface area contributed by atoms with Crippen molar-refractivity contribution in [3.8, 4) is 0 Å². The van der Waals surface area contributed by atoms with Gasteiger partial charge in [-0.3, -0.25) is 4.78 Å². The number of aromatic nitrogens is 1. The number of hydrogen-bond donors (Lipinski definition) is 3. The van der Waals surface area contributed by atoms with Crippen LogP contribution in [-0.2, 0) is 10.7 Å². The Bertz CT molecular complexity index is 294. The molecular formula is C8H14N4S. The van der Waals surface area contributed by atoms with E-state index in [-0.39, 0.29) is 0 Å². The zero-order valence-corrected chi connectivity index (χ0v) is 8.56. The Kier molecular flexibility index (Phi) is 3.39. The zero-order chi connectivity index (χ0) is 9.84. The van der Waals surface area contributed by atoms with Crippen LogP contribution in [-0.4, -0.2) is 10.2 Å². The molecule has 0 fully saturated rings. The number of rotatable bonds is 3. The molecule has 0 spiro atoms. The Morgan fingerprint density at radius 2 is 2.23 bits per heavy atom. The fraction of sp³-hybridized carbons (Fsp3) is 0.375. The lowest BCUT2D eigenvalue weighted by Gasteiger charge is -2.08. The van der Waals surface area contributed by atoms with E-state index in [2.05, 4.69) is 10.4 Å². The number of nitrogens with two attached hydrogens (primary N) is 1. The van der Waals surface area contributed by atoms with Crippen molar-refractivity contribution in [3.63, 3.8) is 0 Å². The quantitative estimate of drug-likeness (QED) is 0.509. The highest BCUT2D eigenvalue weighted by molar-refractivity contribution is 7.86. The molecule has 0 unspecified atom stereocenters. The molecule has 5 heteroatoms. The standard InChI is InChI=1S/C8H14N4S/c1-6(2)13(10)7-3-4-8(12-9)11-5-7/h3-6,10H,9H2,1-2H3,(H,11,12)/t13-/m1/s1. The van der Waals surface area contributed by atoms with E-state index in [1.807, 2.05) is 19.9 Å². The fourth-order valence-corrected chi connectivity index (χ4v) is 1.79. The van der Waals surface area contributed by atoms with Crippen LogP contribution >= 0.6 is 0 Å². The van der Waals surface area contributed by atoms with Crippen LogP contribution < -0.4 is 11.3 Å². The maximum atomic E-state index is 7.83. The molecular weight excluding hydrogens is 184 g/mol. The van der Waals surface area contributed by atoms with E-state index < -0.39 is 10.7 Å². The van der Waals surface area contributed by atoms with Crippen molar-refractivity contribution in [1.82, 2.24) is 4.98 Å². The summed E-state index contributed by atoms with van der Waals surface area (Å²) < 4.78 is 7.83. The number of nitrogens with zero attached hydrogens (tertiary/aromatic N) is 1. The van der Waals surface area contributed by atoms with Gasteiger partial charge in [0.25, 0.3) is 0 Å². The molecule has 0 bridgehead atoms. The SMILES string of the molecule is CC(C)[S@@](=N)c1ccc(NN)nc1. The Labute approximate surface area is 80.4 Å². The van der Waals surface area contributed by atoms with Gasteiger partial charge in [-0.2, -0.15) is 0 Å². The third-order valence-corrected chi connectivity index (χ3v) is 3.30. The predicted octanol–water partition coefficient (Wildman–Crippen LogP) is 1.52. The van der Waals surface area contributed by atoms with Gasteiger partial charge in [0.1, 0.15) is 5.82 Å². The monoisotopic (exact) mass is 198 g/mol. The van der Waals surface area contributed by atoms with Crippen molar-refractivity contribution in [2.24, 2.45) is 5.84 Å². The summed E-state index contributed by atoms with van der Waals surface area (Å²) >= 11 is 0. The third kappa shape index (κ3) is 2.50. The molecule has 0 saturated carbocycles.